The fourth-order valence-electron chi connectivity index (χ4n) is 2.49. The molecule has 1 fully saturated rings. The van der Waals surface area contributed by atoms with Crippen molar-refractivity contribution in [3.05, 3.63) is 17.8 Å². The van der Waals surface area contributed by atoms with E-state index < -0.39 is 0 Å². The van der Waals surface area contributed by atoms with Crippen molar-refractivity contribution in [1.29, 1.82) is 0 Å². The molecule has 1 aromatic rings. The molecule has 1 saturated carbocycles. The molecule has 0 spiro atoms. The van der Waals surface area contributed by atoms with Crippen molar-refractivity contribution >= 4 is 11.7 Å². The number of hydrogen-bond donors (Lipinski definition) is 2. The highest BCUT2D eigenvalue weighted by Crippen LogP contribution is 2.19. The van der Waals surface area contributed by atoms with Crippen molar-refractivity contribution in [1.82, 2.24) is 15.5 Å². The van der Waals surface area contributed by atoms with E-state index >= 15 is 0 Å². The van der Waals surface area contributed by atoms with Gasteiger partial charge in [-0.15, -0.1) is 10.2 Å². The average molecular weight is 292 g/mol. The van der Waals surface area contributed by atoms with E-state index in [-0.39, 0.29) is 5.91 Å². The van der Waals surface area contributed by atoms with E-state index in [1.807, 2.05) is 0 Å². The van der Waals surface area contributed by atoms with Crippen LogP contribution in [0.5, 0.6) is 0 Å². The van der Waals surface area contributed by atoms with Crippen LogP contribution in [-0.2, 0) is 4.74 Å². The van der Waals surface area contributed by atoms with Gasteiger partial charge in [0.2, 0.25) is 0 Å². The zero-order chi connectivity index (χ0) is 14.9. The van der Waals surface area contributed by atoms with Gasteiger partial charge in [-0.05, 0) is 25.0 Å². The Kier molecular flexibility index (Phi) is 6.40. The van der Waals surface area contributed by atoms with Crippen LogP contribution in [0, 0.1) is 0 Å². The minimum atomic E-state index is -0.231. The molecule has 0 bridgehead atoms. The van der Waals surface area contributed by atoms with Gasteiger partial charge in [-0.3, -0.25) is 4.79 Å². The average Bonchev–Trinajstić information content (AvgIpc) is 2.80. The second-order valence-electron chi connectivity index (χ2n) is 5.29. The third-order valence-corrected chi connectivity index (χ3v) is 3.69. The molecule has 1 aliphatic rings. The molecule has 1 aromatic heterocycles. The first-order valence-electron chi connectivity index (χ1n) is 7.71. The molecule has 1 amide bonds. The van der Waals surface area contributed by atoms with Crippen LogP contribution in [0.4, 0.5) is 5.82 Å². The quantitative estimate of drug-likeness (QED) is 0.619. The number of aromatic nitrogens is 2. The maximum atomic E-state index is 11.3. The van der Waals surface area contributed by atoms with Gasteiger partial charge in [0.15, 0.2) is 5.69 Å². The SMILES string of the molecule is CNC(=O)c1ccc(NCCOC2CCCCCC2)nn1. The van der Waals surface area contributed by atoms with E-state index in [2.05, 4.69) is 20.8 Å². The van der Waals surface area contributed by atoms with E-state index in [0.29, 0.717) is 30.8 Å². The smallest absolute Gasteiger partial charge is 0.271 e. The van der Waals surface area contributed by atoms with Crippen LogP contribution in [0.15, 0.2) is 12.1 Å². The number of nitrogens with zero attached hydrogens (tertiary/aromatic N) is 2. The highest BCUT2D eigenvalue weighted by Gasteiger charge is 2.12. The Morgan fingerprint density at radius 3 is 2.62 bits per heavy atom. The van der Waals surface area contributed by atoms with Gasteiger partial charge in [-0.25, -0.2) is 0 Å². The predicted octanol–water partition coefficient (Wildman–Crippen LogP) is 1.99. The number of ether oxygens (including phenoxy) is 1. The van der Waals surface area contributed by atoms with Crippen molar-refractivity contribution in [2.24, 2.45) is 0 Å². The fourth-order valence-corrected chi connectivity index (χ4v) is 2.49. The molecule has 0 aromatic carbocycles. The Bertz CT molecular complexity index is 428. The Hall–Kier alpha value is -1.69. The molecule has 0 atom stereocenters. The minimum absolute atomic E-state index is 0.231. The number of rotatable bonds is 6. The number of carbonyl (C=O) groups is 1. The third kappa shape index (κ3) is 5.30. The summed E-state index contributed by atoms with van der Waals surface area (Å²) in [7, 11) is 1.57. The zero-order valence-corrected chi connectivity index (χ0v) is 12.6. The molecule has 0 saturated heterocycles. The number of amides is 1. The molecule has 0 radical (unpaired) electrons. The molecule has 6 heteroatoms. The van der Waals surface area contributed by atoms with Crippen LogP contribution >= 0.6 is 0 Å². The van der Waals surface area contributed by atoms with Crippen molar-refractivity contribution < 1.29 is 9.53 Å². The molecule has 21 heavy (non-hydrogen) atoms. The molecule has 1 aliphatic carbocycles. The fraction of sp³-hybridized carbons (Fsp3) is 0.667. The van der Waals surface area contributed by atoms with Crippen molar-refractivity contribution in [3.8, 4) is 0 Å². The van der Waals surface area contributed by atoms with Gasteiger partial charge in [0.25, 0.3) is 5.91 Å². The van der Waals surface area contributed by atoms with E-state index in [0.717, 1.165) is 0 Å². The maximum absolute atomic E-state index is 11.3. The first-order chi connectivity index (χ1) is 10.3. The lowest BCUT2D eigenvalue weighted by molar-refractivity contribution is 0.0501. The molecule has 2 rings (SSSR count). The first-order valence-corrected chi connectivity index (χ1v) is 7.71. The second-order valence-corrected chi connectivity index (χ2v) is 5.29. The maximum Gasteiger partial charge on any atom is 0.271 e. The predicted molar refractivity (Wildman–Crippen MR) is 81.4 cm³/mol. The third-order valence-electron chi connectivity index (χ3n) is 3.69. The van der Waals surface area contributed by atoms with Gasteiger partial charge in [0.05, 0.1) is 12.7 Å². The monoisotopic (exact) mass is 292 g/mol. The zero-order valence-electron chi connectivity index (χ0n) is 12.6. The summed E-state index contributed by atoms with van der Waals surface area (Å²) in [6.07, 6.45) is 8.02. The second kappa shape index (κ2) is 8.56. The van der Waals surface area contributed by atoms with Gasteiger partial charge < -0.3 is 15.4 Å². The summed E-state index contributed by atoms with van der Waals surface area (Å²) in [5, 5.41) is 13.5. The van der Waals surface area contributed by atoms with Crippen LogP contribution < -0.4 is 10.6 Å². The van der Waals surface area contributed by atoms with Crippen LogP contribution in [0.2, 0.25) is 0 Å². The van der Waals surface area contributed by atoms with Crippen LogP contribution in [0.3, 0.4) is 0 Å². The van der Waals surface area contributed by atoms with E-state index in [1.54, 1.807) is 19.2 Å². The number of anilines is 1. The highest BCUT2D eigenvalue weighted by molar-refractivity contribution is 5.91. The molecule has 0 unspecified atom stereocenters. The summed E-state index contributed by atoms with van der Waals surface area (Å²) < 4.78 is 5.89. The van der Waals surface area contributed by atoms with E-state index in [1.165, 1.54) is 38.5 Å². The first kappa shape index (κ1) is 15.7. The molecular weight excluding hydrogens is 268 g/mol. The normalized spacial score (nSPS) is 16.2. The molecule has 0 aliphatic heterocycles. The van der Waals surface area contributed by atoms with Crippen molar-refractivity contribution in [3.63, 3.8) is 0 Å². The summed E-state index contributed by atoms with van der Waals surface area (Å²) in [5.41, 5.74) is 0.317. The van der Waals surface area contributed by atoms with Gasteiger partial charge in [0, 0.05) is 13.6 Å². The van der Waals surface area contributed by atoms with Crippen LogP contribution in [0.25, 0.3) is 0 Å². The minimum Gasteiger partial charge on any atom is -0.376 e. The summed E-state index contributed by atoms with van der Waals surface area (Å²) in [4.78, 5) is 11.3. The van der Waals surface area contributed by atoms with Gasteiger partial charge in [0.1, 0.15) is 5.82 Å². The van der Waals surface area contributed by atoms with Crippen molar-refractivity contribution in [2.75, 3.05) is 25.5 Å². The number of carbonyl (C=O) groups excluding carboxylic acids is 1. The standard InChI is InChI=1S/C15H24N4O2/c1-16-15(20)13-8-9-14(19-18-13)17-10-11-21-12-6-4-2-3-5-7-12/h8-9,12H,2-7,10-11H2,1H3,(H,16,20)(H,17,19). The molecule has 6 nitrogen and oxygen atoms in total. The van der Waals surface area contributed by atoms with Gasteiger partial charge in [-0.1, -0.05) is 25.7 Å². The number of nitrogens with one attached hydrogen (secondary N) is 2. The topological polar surface area (TPSA) is 76.1 Å². The Morgan fingerprint density at radius 1 is 1.24 bits per heavy atom. The molecule has 116 valence electrons. The highest BCUT2D eigenvalue weighted by atomic mass is 16.5. The summed E-state index contributed by atoms with van der Waals surface area (Å²) >= 11 is 0. The molecule has 1 heterocycles. The summed E-state index contributed by atoms with van der Waals surface area (Å²) in [6.45, 7) is 1.37. The van der Waals surface area contributed by atoms with E-state index in [4.69, 9.17) is 4.74 Å². The van der Waals surface area contributed by atoms with Crippen molar-refractivity contribution in [2.45, 2.75) is 44.6 Å². The summed E-state index contributed by atoms with van der Waals surface area (Å²) in [5.74, 6) is 0.429. The Balaban J connectivity index is 1.67. The van der Waals surface area contributed by atoms with Gasteiger partial charge in [-0.2, -0.15) is 0 Å². The van der Waals surface area contributed by atoms with Gasteiger partial charge >= 0.3 is 0 Å². The lowest BCUT2D eigenvalue weighted by Gasteiger charge is -2.15. The summed E-state index contributed by atoms with van der Waals surface area (Å²) in [6, 6.07) is 3.41. The van der Waals surface area contributed by atoms with Crippen LogP contribution in [0.1, 0.15) is 49.0 Å². The van der Waals surface area contributed by atoms with E-state index in [9.17, 15) is 4.79 Å². The Morgan fingerprint density at radius 2 is 2.00 bits per heavy atom. The largest absolute Gasteiger partial charge is 0.376 e. The van der Waals surface area contributed by atoms with Crippen LogP contribution in [-0.4, -0.2) is 42.4 Å². The molecular formula is C15H24N4O2. The number of hydrogen-bond acceptors (Lipinski definition) is 5. The Labute approximate surface area is 125 Å². The molecule has 2 N–H and O–H groups in total. The lowest BCUT2D eigenvalue weighted by Crippen LogP contribution is -2.20. The lowest BCUT2D eigenvalue weighted by atomic mass is 10.1.